The Hall–Kier alpha value is -1.73. The SMILES string of the molecule is COCCN1C(=O)Cc2cnc(N3CCNCC3)nc21. The number of nitrogens with zero attached hydrogens (tertiary/aromatic N) is 4. The third kappa shape index (κ3) is 2.46. The fraction of sp³-hybridized carbons (Fsp3) is 0.615. The number of amides is 1. The van der Waals surface area contributed by atoms with Gasteiger partial charge in [0.05, 0.1) is 19.6 Å². The van der Waals surface area contributed by atoms with Crippen molar-refractivity contribution in [2.75, 3.05) is 56.2 Å². The first-order valence-electron chi connectivity index (χ1n) is 6.90. The summed E-state index contributed by atoms with van der Waals surface area (Å²) in [7, 11) is 1.63. The molecule has 0 aliphatic carbocycles. The maximum absolute atomic E-state index is 12.0. The van der Waals surface area contributed by atoms with Crippen molar-refractivity contribution in [1.29, 1.82) is 0 Å². The maximum atomic E-state index is 12.0. The van der Waals surface area contributed by atoms with Crippen molar-refractivity contribution in [1.82, 2.24) is 15.3 Å². The molecular weight excluding hydrogens is 258 g/mol. The summed E-state index contributed by atoms with van der Waals surface area (Å²) in [5.74, 6) is 1.53. The highest BCUT2D eigenvalue weighted by Crippen LogP contribution is 2.27. The van der Waals surface area contributed by atoms with Crippen LogP contribution in [0.3, 0.4) is 0 Å². The van der Waals surface area contributed by atoms with Gasteiger partial charge in [0.25, 0.3) is 0 Å². The predicted octanol–water partition coefficient (Wildman–Crippen LogP) is -0.578. The molecule has 7 nitrogen and oxygen atoms in total. The van der Waals surface area contributed by atoms with Gasteiger partial charge in [0, 0.05) is 45.0 Å². The van der Waals surface area contributed by atoms with Gasteiger partial charge in [-0.1, -0.05) is 0 Å². The maximum Gasteiger partial charge on any atom is 0.232 e. The summed E-state index contributed by atoms with van der Waals surface area (Å²) in [5, 5.41) is 3.30. The van der Waals surface area contributed by atoms with Gasteiger partial charge in [-0.2, -0.15) is 4.98 Å². The largest absolute Gasteiger partial charge is 0.383 e. The van der Waals surface area contributed by atoms with Crippen molar-refractivity contribution >= 4 is 17.7 Å². The first-order valence-corrected chi connectivity index (χ1v) is 6.90. The number of piperazine rings is 1. The Morgan fingerprint density at radius 1 is 1.40 bits per heavy atom. The van der Waals surface area contributed by atoms with Crippen LogP contribution in [0, 0.1) is 0 Å². The summed E-state index contributed by atoms with van der Waals surface area (Å²) in [6, 6.07) is 0. The lowest BCUT2D eigenvalue weighted by Crippen LogP contribution is -2.44. The van der Waals surface area contributed by atoms with E-state index in [1.165, 1.54) is 0 Å². The number of hydrogen-bond acceptors (Lipinski definition) is 6. The number of ether oxygens (including phenoxy) is 1. The highest BCUT2D eigenvalue weighted by Gasteiger charge is 2.30. The molecule has 3 heterocycles. The van der Waals surface area contributed by atoms with Crippen LogP contribution in [0.15, 0.2) is 6.20 Å². The molecule has 0 saturated carbocycles. The zero-order valence-electron chi connectivity index (χ0n) is 11.6. The van der Waals surface area contributed by atoms with Gasteiger partial charge in [0.15, 0.2) is 0 Å². The monoisotopic (exact) mass is 277 g/mol. The third-order valence-electron chi connectivity index (χ3n) is 3.65. The minimum Gasteiger partial charge on any atom is -0.383 e. The topological polar surface area (TPSA) is 70.6 Å². The Balaban J connectivity index is 1.83. The Morgan fingerprint density at radius 2 is 2.20 bits per heavy atom. The van der Waals surface area contributed by atoms with Crippen LogP contribution in [0.25, 0.3) is 0 Å². The van der Waals surface area contributed by atoms with Crippen molar-refractivity contribution < 1.29 is 9.53 Å². The van der Waals surface area contributed by atoms with Crippen LogP contribution in [0.4, 0.5) is 11.8 Å². The Bertz CT molecular complexity index is 502. The Morgan fingerprint density at radius 3 is 2.95 bits per heavy atom. The average molecular weight is 277 g/mol. The van der Waals surface area contributed by atoms with Crippen LogP contribution < -0.4 is 15.1 Å². The quantitative estimate of drug-likeness (QED) is 0.794. The molecule has 0 bridgehead atoms. The molecule has 1 saturated heterocycles. The lowest BCUT2D eigenvalue weighted by Gasteiger charge is -2.28. The summed E-state index contributed by atoms with van der Waals surface area (Å²) in [6.45, 7) is 4.72. The first-order chi connectivity index (χ1) is 9.79. The molecule has 0 unspecified atom stereocenters. The molecule has 0 atom stereocenters. The number of aromatic nitrogens is 2. The molecule has 2 aliphatic heterocycles. The number of carbonyl (C=O) groups excluding carboxylic acids is 1. The Kier molecular flexibility index (Phi) is 3.79. The zero-order chi connectivity index (χ0) is 13.9. The fourth-order valence-electron chi connectivity index (χ4n) is 2.55. The molecule has 1 aromatic rings. The molecule has 108 valence electrons. The third-order valence-corrected chi connectivity index (χ3v) is 3.65. The van der Waals surface area contributed by atoms with Crippen LogP contribution in [0.1, 0.15) is 5.56 Å². The van der Waals surface area contributed by atoms with Crippen LogP contribution in [0.5, 0.6) is 0 Å². The first kappa shape index (κ1) is 13.3. The number of hydrogen-bond donors (Lipinski definition) is 1. The van der Waals surface area contributed by atoms with Crippen molar-refractivity contribution in [2.45, 2.75) is 6.42 Å². The summed E-state index contributed by atoms with van der Waals surface area (Å²) >= 11 is 0. The van der Waals surface area contributed by atoms with Gasteiger partial charge in [-0.3, -0.25) is 9.69 Å². The van der Waals surface area contributed by atoms with Gasteiger partial charge in [0.2, 0.25) is 11.9 Å². The summed E-state index contributed by atoms with van der Waals surface area (Å²) in [4.78, 5) is 24.8. The molecule has 7 heteroatoms. The highest BCUT2D eigenvalue weighted by atomic mass is 16.5. The molecule has 0 aromatic carbocycles. The van der Waals surface area contributed by atoms with Gasteiger partial charge in [0.1, 0.15) is 5.82 Å². The molecule has 1 aromatic heterocycles. The molecule has 0 spiro atoms. The van der Waals surface area contributed by atoms with Crippen LogP contribution >= 0.6 is 0 Å². The summed E-state index contributed by atoms with van der Waals surface area (Å²) in [6.07, 6.45) is 2.17. The molecule has 2 aliphatic rings. The smallest absolute Gasteiger partial charge is 0.232 e. The number of carbonyl (C=O) groups is 1. The van der Waals surface area contributed by atoms with Crippen LogP contribution in [0.2, 0.25) is 0 Å². The lowest BCUT2D eigenvalue weighted by molar-refractivity contribution is -0.117. The van der Waals surface area contributed by atoms with Gasteiger partial charge in [-0.15, -0.1) is 0 Å². The second-order valence-electron chi connectivity index (χ2n) is 4.97. The second kappa shape index (κ2) is 5.72. The van der Waals surface area contributed by atoms with Crippen LogP contribution in [-0.2, 0) is 16.0 Å². The second-order valence-corrected chi connectivity index (χ2v) is 4.97. The molecule has 1 fully saturated rings. The van der Waals surface area contributed by atoms with E-state index in [0.717, 1.165) is 37.6 Å². The molecular formula is C13H19N5O2. The van der Waals surface area contributed by atoms with Gasteiger partial charge < -0.3 is 15.0 Å². The number of nitrogens with one attached hydrogen (secondary N) is 1. The Labute approximate surface area is 117 Å². The average Bonchev–Trinajstić information content (AvgIpc) is 2.80. The van der Waals surface area contributed by atoms with Crippen LogP contribution in [-0.4, -0.2) is 62.3 Å². The minimum atomic E-state index is 0.0730. The fourth-order valence-corrected chi connectivity index (χ4v) is 2.55. The molecule has 20 heavy (non-hydrogen) atoms. The normalized spacial score (nSPS) is 18.6. The van der Waals surface area contributed by atoms with E-state index in [0.29, 0.717) is 25.5 Å². The number of rotatable bonds is 4. The van der Waals surface area contributed by atoms with E-state index in [2.05, 4.69) is 20.2 Å². The zero-order valence-corrected chi connectivity index (χ0v) is 11.6. The summed E-state index contributed by atoms with van der Waals surface area (Å²) < 4.78 is 5.06. The highest BCUT2D eigenvalue weighted by molar-refractivity contribution is 6.00. The predicted molar refractivity (Wildman–Crippen MR) is 75.0 cm³/mol. The van der Waals surface area contributed by atoms with Crippen molar-refractivity contribution in [3.63, 3.8) is 0 Å². The van der Waals surface area contributed by atoms with E-state index in [9.17, 15) is 4.79 Å². The number of anilines is 2. The minimum absolute atomic E-state index is 0.0730. The van der Waals surface area contributed by atoms with Crippen molar-refractivity contribution in [3.8, 4) is 0 Å². The molecule has 0 radical (unpaired) electrons. The number of methoxy groups -OCH3 is 1. The number of fused-ring (bicyclic) bond motifs is 1. The molecule has 1 N–H and O–H groups in total. The molecule has 3 rings (SSSR count). The van der Waals surface area contributed by atoms with E-state index in [4.69, 9.17) is 4.74 Å². The van der Waals surface area contributed by atoms with Gasteiger partial charge >= 0.3 is 0 Å². The lowest BCUT2D eigenvalue weighted by atomic mass is 10.3. The standard InChI is InChI=1S/C13H19N5O2/c1-20-7-6-18-11(19)8-10-9-15-13(16-12(10)18)17-4-2-14-3-5-17/h9,14H,2-8H2,1H3. The van der Waals surface area contributed by atoms with Crippen molar-refractivity contribution in [2.24, 2.45) is 0 Å². The van der Waals surface area contributed by atoms with E-state index < -0.39 is 0 Å². The van der Waals surface area contributed by atoms with E-state index in [1.54, 1.807) is 18.2 Å². The van der Waals surface area contributed by atoms with Gasteiger partial charge in [-0.25, -0.2) is 4.98 Å². The van der Waals surface area contributed by atoms with E-state index >= 15 is 0 Å². The molecule has 1 amide bonds. The summed E-state index contributed by atoms with van der Waals surface area (Å²) in [5.41, 5.74) is 0.907. The van der Waals surface area contributed by atoms with Crippen molar-refractivity contribution in [3.05, 3.63) is 11.8 Å². The van der Waals surface area contributed by atoms with Gasteiger partial charge in [-0.05, 0) is 0 Å². The van der Waals surface area contributed by atoms with E-state index in [-0.39, 0.29) is 5.91 Å². The van der Waals surface area contributed by atoms with E-state index in [1.807, 2.05) is 0 Å².